The molecule has 0 unspecified atom stereocenters. The summed E-state index contributed by atoms with van der Waals surface area (Å²) in [6.07, 6.45) is 0.935. The molecule has 0 amide bonds. The lowest BCUT2D eigenvalue weighted by atomic mass is 9.88. The normalized spacial score (nSPS) is 13.0. The summed E-state index contributed by atoms with van der Waals surface area (Å²) in [5.74, 6) is 0. The maximum Gasteiger partial charge on any atom is 0.240 e. The van der Waals surface area contributed by atoms with Gasteiger partial charge in [0.05, 0.1) is 4.90 Å². The summed E-state index contributed by atoms with van der Waals surface area (Å²) in [5, 5.41) is 0. The Bertz CT molecular complexity index is 487. The van der Waals surface area contributed by atoms with Crippen LogP contribution in [-0.2, 0) is 16.4 Å². The second kappa shape index (κ2) is 5.41. The number of nitrogens with one attached hydrogen (secondary N) is 1. The topological polar surface area (TPSA) is 46.2 Å². The van der Waals surface area contributed by atoms with Gasteiger partial charge in [0, 0.05) is 7.47 Å². The van der Waals surface area contributed by atoms with Crippen LogP contribution in [-0.4, -0.2) is 14.5 Å². The van der Waals surface area contributed by atoms with E-state index in [1.807, 2.05) is 26.0 Å². The average Bonchev–Trinajstić information content (AvgIpc) is 2.13. The van der Waals surface area contributed by atoms with Gasteiger partial charge in [-0.05, 0) is 43.4 Å². The molecule has 0 atom stereocenters. The Morgan fingerprint density at radius 2 is 1.67 bits per heavy atom. The molecular weight excluding hydrogens is 246 g/mol. The monoisotopic (exact) mass is 271 g/mol. The molecule has 0 aliphatic heterocycles. The lowest BCUT2D eigenvalue weighted by molar-refractivity contribution is 0.411. The van der Waals surface area contributed by atoms with Crippen molar-refractivity contribution in [3.8, 4) is 0 Å². The fraction of sp³-hybridized carbons (Fsp3) is 0.571. The molecule has 0 radical (unpaired) electrons. The van der Waals surface area contributed by atoms with Gasteiger partial charge in [0.1, 0.15) is 0 Å². The maximum absolute atomic E-state index is 11.9. The SMILES string of the molecule is CC(C)NS(=O)(=O)c1ccc(CC(C)(C)C)cc1.[HH]. The van der Waals surface area contributed by atoms with Crippen LogP contribution in [0.25, 0.3) is 0 Å². The van der Waals surface area contributed by atoms with Crippen LogP contribution >= 0.6 is 0 Å². The van der Waals surface area contributed by atoms with Crippen LogP contribution in [0.3, 0.4) is 0 Å². The van der Waals surface area contributed by atoms with Crippen LogP contribution in [0.4, 0.5) is 0 Å². The Labute approximate surface area is 112 Å². The molecule has 0 spiro atoms. The molecule has 1 aromatic rings. The minimum Gasteiger partial charge on any atom is -0.209 e. The van der Waals surface area contributed by atoms with E-state index in [2.05, 4.69) is 25.5 Å². The molecule has 0 aromatic heterocycles. The first-order valence-corrected chi connectivity index (χ1v) is 7.70. The third kappa shape index (κ3) is 4.78. The van der Waals surface area contributed by atoms with Crippen molar-refractivity contribution in [3.63, 3.8) is 0 Å². The summed E-state index contributed by atoms with van der Waals surface area (Å²) in [6.45, 7) is 10.1. The first kappa shape index (κ1) is 15.2. The standard InChI is InChI=1S/C14H23NO2S.H2/c1-11(2)15-18(16,17)13-8-6-12(7-9-13)10-14(3,4)5;/h6-9,11,15H,10H2,1-5H3;1H. The third-order valence-electron chi connectivity index (χ3n) is 2.36. The van der Waals surface area contributed by atoms with Gasteiger partial charge in [-0.1, -0.05) is 32.9 Å². The molecule has 0 saturated heterocycles. The van der Waals surface area contributed by atoms with Crippen molar-refractivity contribution >= 4 is 10.0 Å². The number of benzene rings is 1. The highest BCUT2D eigenvalue weighted by Crippen LogP contribution is 2.21. The zero-order valence-electron chi connectivity index (χ0n) is 11.8. The molecule has 1 rings (SSSR count). The van der Waals surface area contributed by atoms with E-state index in [0.29, 0.717) is 4.90 Å². The fourth-order valence-corrected chi connectivity index (χ4v) is 3.03. The van der Waals surface area contributed by atoms with Gasteiger partial charge in [0.15, 0.2) is 0 Å². The fourth-order valence-electron chi connectivity index (χ4n) is 1.78. The summed E-state index contributed by atoms with van der Waals surface area (Å²) in [6, 6.07) is 7.03. The number of sulfonamides is 1. The largest absolute Gasteiger partial charge is 0.240 e. The lowest BCUT2D eigenvalue weighted by Crippen LogP contribution is -2.30. The highest BCUT2D eigenvalue weighted by Gasteiger charge is 2.16. The van der Waals surface area contributed by atoms with Gasteiger partial charge in [0.25, 0.3) is 0 Å². The summed E-state index contributed by atoms with van der Waals surface area (Å²) in [5.41, 5.74) is 1.36. The molecule has 1 aromatic carbocycles. The number of hydrogen-bond donors (Lipinski definition) is 1. The van der Waals surface area contributed by atoms with E-state index in [-0.39, 0.29) is 12.9 Å². The summed E-state index contributed by atoms with van der Waals surface area (Å²) in [4.78, 5) is 0.328. The Hall–Kier alpha value is -0.870. The number of hydrogen-bond acceptors (Lipinski definition) is 2. The smallest absolute Gasteiger partial charge is 0.209 e. The van der Waals surface area contributed by atoms with Crippen molar-refractivity contribution in [2.24, 2.45) is 5.41 Å². The van der Waals surface area contributed by atoms with E-state index in [1.54, 1.807) is 12.1 Å². The quantitative estimate of drug-likeness (QED) is 0.914. The third-order valence-corrected chi connectivity index (χ3v) is 4.03. The van der Waals surface area contributed by atoms with Crippen molar-refractivity contribution in [2.75, 3.05) is 0 Å². The molecule has 104 valence electrons. The zero-order valence-corrected chi connectivity index (χ0v) is 12.6. The number of rotatable bonds is 4. The first-order chi connectivity index (χ1) is 8.10. The Kier molecular flexibility index (Phi) is 4.56. The van der Waals surface area contributed by atoms with Crippen LogP contribution in [0.5, 0.6) is 0 Å². The summed E-state index contributed by atoms with van der Waals surface area (Å²) < 4.78 is 26.4. The van der Waals surface area contributed by atoms with Crippen LogP contribution < -0.4 is 4.72 Å². The lowest BCUT2D eigenvalue weighted by Gasteiger charge is -2.18. The predicted octanol–water partition coefficient (Wildman–Crippen LogP) is 3.21. The van der Waals surface area contributed by atoms with E-state index >= 15 is 0 Å². The van der Waals surface area contributed by atoms with Crippen molar-refractivity contribution in [1.29, 1.82) is 0 Å². The average molecular weight is 271 g/mol. The van der Waals surface area contributed by atoms with E-state index in [4.69, 9.17) is 0 Å². The molecule has 4 heteroatoms. The van der Waals surface area contributed by atoms with E-state index in [9.17, 15) is 8.42 Å². The molecule has 0 saturated carbocycles. The highest BCUT2D eigenvalue weighted by molar-refractivity contribution is 7.89. The molecule has 0 fully saturated rings. The van der Waals surface area contributed by atoms with Crippen LogP contribution in [0.2, 0.25) is 0 Å². The first-order valence-electron chi connectivity index (χ1n) is 6.21. The van der Waals surface area contributed by atoms with Crippen LogP contribution in [0, 0.1) is 5.41 Å². The molecule has 0 bridgehead atoms. The van der Waals surface area contributed by atoms with E-state index in [1.165, 1.54) is 0 Å². The van der Waals surface area contributed by atoms with Gasteiger partial charge in [-0.2, -0.15) is 0 Å². The Morgan fingerprint density at radius 1 is 1.17 bits per heavy atom. The second-order valence-electron chi connectivity index (χ2n) is 6.16. The molecule has 3 nitrogen and oxygen atoms in total. The maximum atomic E-state index is 11.9. The minimum absolute atomic E-state index is 0. The molecule has 1 N–H and O–H groups in total. The van der Waals surface area contributed by atoms with Gasteiger partial charge in [0.2, 0.25) is 10.0 Å². The van der Waals surface area contributed by atoms with Crippen LogP contribution in [0.15, 0.2) is 29.2 Å². The van der Waals surface area contributed by atoms with Crippen molar-refractivity contribution in [3.05, 3.63) is 29.8 Å². The van der Waals surface area contributed by atoms with Crippen molar-refractivity contribution < 1.29 is 9.84 Å². The van der Waals surface area contributed by atoms with Crippen molar-refractivity contribution in [2.45, 2.75) is 52.0 Å². The minimum atomic E-state index is -3.37. The van der Waals surface area contributed by atoms with Gasteiger partial charge in [-0.3, -0.25) is 0 Å². The van der Waals surface area contributed by atoms with E-state index in [0.717, 1.165) is 12.0 Å². The molecule has 0 heterocycles. The molecule has 0 aliphatic carbocycles. The predicted molar refractivity (Wildman–Crippen MR) is 77.2 cm³/mol. The summed E-state index contributed by atoms with van der Waals surface area (Å²) >= 11 is 0. The Balaban J connectivity index is 0.00000324. The van der Waals surface area contributed by atoms with Gasteiger partial charge >= 0.3 is 0 Å². The van der Waals surface area contributed by atoms with E-state index < -0.39 is 10.0 Å². The Morgan fingerprint density at radius 3 is 2.06 bits per heavy atom. The molecular formula is C14H25NO2S. The van der Waals surface area contributed by atoms with Gasteiger partial charge in [-0.25, -0.2) is 13.1 Å². The molecule has 18 heavy (non-hydrogen) atoms. The van der Waals surface area contributed by atoms with Crippen LogP contribution in [0.1, 0.15) is 41.6 Å². The van der Waals surface area contributed by atoms with Gasteiger partial charge < -0.3 is 0 Å². The summed E-state index contributed by atoms with van der Waals surface area (Å²) in [7, 11) is -3.37. The zero-order chi connectivity index (χ0) is 14.0. The second-order valence-corrected chi connectivity index (χ2v) is 7.87. The van der Waals surface area contributed by atoms with Gasteiger partial charge in [-0.15, -0.1) is 0 Å². The molecule has 0 aliphatic rings. The highest BCUT2D eigenvalue weighted by atomic mass is 32.2. The van der Waals surface area contributed by atoms with Crippen molar-refractivity contribution in [1.82, 2.24) is 4.72 Å².